The fourth-order valence-corrected chi connectivity index (χ4v) is 2.58. The van der Waals surface area contributed by atoms with Crippen molar-refractivity contribution in [3.63, 3.8) is 0 Å². The highest BCUT2D eigenvalue weighted by Crippen LogP contribution is 2.31. The summed E-state index contributed by atoms with van der Waals surface area (Å²) in [6.45, 7) is 9.14. The first-order chi connectivity index (χ1) is 13.5. The van der Waals surface area contributed by atoms with Gasteiger partial charge in [-0.25, -0.2) is 9.59 Å². The third kappa shape index (κ3) is 6.00. The summed E-state index contributed by atoms with van der Waals surface area (Å²) in [6, 6.07) is 9.53. The van der Waals surface area contributed by atoms with Crippen LogP contribution in [-0.2, 0) is 14.2 Å². The minimum Gasteiger partial charge on any atom is -0.508 e. The van der Waals surface area contributed by atoms with Crippen molar-refractivity contribution < 1.29 is 28.9 Å². The van der Waals surface area contributed by atoms with E-state index in [1.54, 1.807) is 45.0 Å². The zero-order valence-corrected chi connectivity index (χ0v) is 17.2. The molecule has 0 saturated heterocycles. The molecule has 0 bridgehead atoms. The van der Waals surface area contributed by atoms with E-state index < -0.39 is 17.7 Å². The van der Waals surface area contributed by atoms with Gasteiger partial charge in [-0.2, -0.15) is 0 Å². The van der Waals surface area contributed by atoms with Crippen molar-refractivity contribution in [1.82, 2.24) is 0 Å². The zero-order valence-electron chi connectivity index (χ0n) is 17.2. The summed E-state index contributed by atoms with van der Waals surface area (Å²) in [6.07, 6.45) is -0.616. The van der Waals surface area contributed by atoms with Crippen LogP contribution in [0.15, 0.2) is 43.0 Å². The number of anilines is 1. The molecule has 2 aromatic rings. The van der Waals surface area contributed by atoms with Crippen LogP contribution in [0.2, 0.25) is 0 Å². The molecule has 0 aliphatic heterocycles. The zero-order chi connectivity index (χ0) is 21.8. The van der Waals surface area contributed by atoms with E-state index in [2.05, 4.69) is 11.9 Å². The number of esters is 1. The third-order valence-corrected chi connectivity index (χ3v) is 3.82. The molecule has 0 atom stereocenters. The van der Waals surface area contributed by atoms with Crippen LogP contribution < -0.4 is 5.32 Å². The number of rotatable bonds is 5. The van der Waals surface area contributed by atoms with Crippen LogP contribution >= 0.6 is 0 Å². The Kier molecular flexibility index (Phi) is 6.53. The molecule has 0 aromatic heterocycles. The van der Waals surface area contributed by atoms with Crippen molar-refractivity contribution in [3.05, 3.63) is 54.1 Å². The molecule has 0 unspecified atom stereocenters. The summed E-state index contributed by atoms with van der Waals surface area (Å²) in [4.78, 5) is 24.0. The van der Waals surface area contributed by atoms with Crippen molar-refractivity contribution in [2.45, 2.75) is 26.4 Å². The van der Waals surface area contributed by atoms with Crippen molar-refractivity contribution in [2.75, 3.05) is 19.5 Å². The molecule has 154 valence electrons. The summed E-state index contributed by atoms with van der Waals surface area (Å²) in [5.74, 6) is -0.292. The number of ether oxygens (including phenoxy) is 3. The lowest BCUT2D eigenvalue weighted by Gasteiger charge is -2.20. The summed E-state index contributed by atoms with van der Waals surface area (Å²) < 4.78 is 15.2. The van der Waals surface area contributed by atoms with Crippen LogP contribution in [0.25, 0.3) is 16.9 Å². The molecule has 1 amide bonds. The van der Waals surface area contributed by atoms with E-state index in [0.717, 1.165) is 0 Å². The van der Waals surface area contributed by atoms with E-state index in [0.29, 0.717) is 28.1 Å². The summed E-state index contributed by atoms with van der Waals surface area (Å²) in [7, 11) is 2.75. The number of hydrogen-bond acceptors (Lipinski definition) is 6. The Balaban J connectivity index is 2.52. The monoisotopic (exact) mass is 399 g/mol. The Morgan fingerprint density at radius 2 is 1.55 bits per heavy atom. The number of methoxy groups -OCH3 is 2. The number of carbonyl (C=O) groups is 2. The molecule has 0 aliphatic carbocycles. The molecule has 0 heterocycles. The molecule has 0 saturated carbocycles. The molecule has 29 heavy (non-hydrogen) atoms. The van der Waals surface area contributed by atoms with Gasteiger partial charge in [0.25, 0.3) is 0 Å². The normalized spacial score (nSPS) is 10.8. The van der Waals surface area contributed by atoms with Gasteiger partial charge >= 0.3 is 12.1 Å². The van der Waals surface area contributed by atoms with E-state index in [1.165, 1.54) is 26.4 Å². The molecule has 0 aliphatic rings. The van der Waals surface area contributed by atoms with Crippen molar-refractivity contribution in [1.29, 1.82) is 0 Å². The van der Waals surface area contributed by atoms with Gasteiger partial charge in [0.15, 0.2) is 0 Å². The predicted molar refractivity (Wildman–Crippen MR) is 111 cm³/mol. The van der Waals surface area contributed by atoms with Gasteiger partial charge in [0, 0.05) is 11.3 Å². The fraction of sp³-hybridized carbons (Fsp3) is 0.273. The smallest absolute Gasteiger partial charge is 0.412 e. The number of hydrogen-bond donors (Lipinski definition) is 2. The highest BCUT2D eigenvalue weighted by Gasteiger charge is 2.17. The lowest BCUT2D eigenvalue weighted by Crippen LogP contribution is -2.27. The van der Waals surface area contributed by atoms with Crippen LogP contribution in [0.4, 0.5) is 10.5 Å². The third-order valence-electron chi connectivity index (χ3n) is 3.82. The van der Waals surface area contributed by atoms with Crippen LogP contribution in [0.5, 0.6) is 5.75 Å². The molecular formula is C22H25NO6. The molecular weight excluding hydrogens is 374 g/mol. The first-order valence-electron chi connectivity index (χ1n) is 8.83. The first kappa shape index (κ1) is 21.8. The van der Waals surface area contributed by atoms with Gasteiger partial charge < -0.3 is 19.3 Å². The lowest BCUT2D eigenvalue weighted by molar-refractivity contribution is 0.0597. The minimum absolute atomic E-state index is 0.0967. The Hall–Kier alpha value is -3.48. The van der Waals surface area contributed by atoms with E-state index >= 15 is 0 Å². The van der Waals surface area contributed by atoms with Gasteiger partial charge in [-0.05, 0) is 68.3 Å². The maximum Gasteiger partial charge on any atom is 0.412 e. The van der Waals surface area contributed by atoms with Gasteiger partial charge in [0.1, 0.15) is 17.1 Å². The predicted octanol–water partition coefficient (Wildman–Crippen LogP) is 4.81. The molecule has 7 nitrogen and oxygen atoms in total. The number of carbonyl (C=O) groups excluding carboxylic acids is 2. The maximum atomic E-state index is 12.2. The second-order valence-corrected chi connectivity index (χ2v) is 7.31. The van der Waals surface area contributed by atoms with Crippen LogP contribution in [0.1, 0.15) is 36.7 Å². The molecule has 2 N–H and O–H groups in total. The quantitative estimate of drug-likeness (QED) is 0.553. The molecule has 0 radical (unpaired) electrons. The highest BCUT2D eigenvalue weighted by molar-refractivity contribution is 5.92. The van der Waals surface area contributed by atoms with Gasteiger partial charge in [-0.1, -0.05) is 6.58 Å². The Bertz CT molecular complexity index is 943. The SMILES string of the molecule is C=C(OC)c1cc(NC(=O)OC(C)(C)C)cc(-c2cc(O)cc(C(=O)OC)c2)c1. The maximum absolute atomic E-state index is 12.2. The Morgan fingerprint density at radius 3 is 2.14 bits per heavy atom. The second kappa shape index (κ2) is 8.68. The summed E-state index contributed by atoms with van der Waals surface area (Å²) in [5.41, 5.74) is 1.75. The first-order valence-corrected chi connectivity index (χ1v) is 8.83. The van der Waals surface area contributed by atoms with Crippen LogP contribution in [0.3, 0.4) is 0 Å². The van der Waals surface area contributed by atoms with Crippen LogP contribution in [-0.4, -0.2) is 37.0 Å². The topological polar surface area (TPSA) is 94.1 Å². The average Bonchev–Trinajstić information content (AvgIpc) is 2.64. The lowest BCUT2D eigenvalue weighted by atomic mass is 9.99. The number of amides is 1. The average molecular weight is 399 g/mol. The highest BCUT2D eigenvalue weighted by atomic mass is 16.6. The molecule has 0 fully saturated rings. The Labute approximate surface area is 169 Å². The van der Waals surface area contributed by atoms with Gasteiger partial charge in [0.05, 0.1) is 19.8 Å². The number of aromatic hydroxyl groups is 1. The summed E-state index contributed by atoms with van der Waals surface area (Å²) in [5, 5.41) is 12.7. The van der Waals surface area contributed by atoms with E-state index in [4.69, 9.17) is 14.2 Å². The largest absolute Gasteiger partial charge is 0.508 e. The van der Waals surface area contributed by atoms with Crippen LogP contribution in [0, 0.1) is 0 Å². The van der Waals surface area contributed by atoms with Gasteiger partial charge in [-0.15, -0.1) is 0 Å². The van der Waals surface area contributed by atoms with E-state index in [-0.39, 0.29) is 11.3 Å². The van der Waals surface area contributed by atoms with E-state index in [1.807, 2.05) is 0 Å². The fourth-order valence-electron chi connectivity index (χ4n) is 2.58. The second-order valence-electron chi connectivity index (χ2n) is 7.31. The summed E-state index contributed by atoms with van der Waals surface area (Å²) >= 11 is 0. The van der Waals surface area contributed by atoms with Crippen molar-refractivity contribution in [2.24, 2.45) is 0 Å². The molecule has 7 heteroatoms. The minimum atomic E-state index is -0.652. The molecule has 0 spiro atoms. The molecule has 2 aromatic carbocycles. The van der Waals surface area contributed by atoms with Crippen molar-refractivity contribution >= 4 is 23.5 Å². The number of nitrogens with one attached hydrogen (secondary N) is 1. The number of phenolic OH excluding ortho intramolecular Hbond substituents is 1. The molecule has 2 rings (SSSR count). The standard InChI is InChI=1S/C22H25NO6/c1-13(27-5)14-7-15(10-18(9-14)23-21(26)29-22(2,3)4)16-8-17(20(25)28-6)12-19(24)11-16/h7-12,24H,1H2,2-6H3,(H,23,26). The van der Waals surface area contributed by atoms with Crippen molar-refractivity contribution in [3.8, 4) is 16.9 Å². The Morgan fingerprint density at radius 1 is 0.931 bits per heavy atom. The van der Waals surface area contributed by atoms with Gasteiger partial charge in [-0.3, -0.25) is 5.32 Å². The number of benzene rings is 2. The number of phenols is 1. The van der Waals surface area contributed by atoms with E-state index in [9.17, 15) is 14.7 Å². The van der Waals surface area contributed by atoms with Gasteiger partial charge in [0.2, 0.25) is 0 Å².